The van der Waals surface area contributed by atoms with E-state index in [9.17, 15) is 9.59 Å². The van der Waals surface area contributed by atoms with Crippen molar-refractivity contribution in [3.63, 3.8) is 0 Å². The highest BCUT2D eigenvalue weighted by atomic mass is 35.5. The molecule has 6 aromatic rings. The van der Waals surface area contributed by atoms with Crippen LogP contribution in [-0.4, -0.2) is 238 Å². The minimum Gasteiger partial charge on any atom is -0.379 e. The van der Waals surface area contributed by atoms with Gasteiger partial charge in [-0.05, 0) is 73.5 Å². The number of rotatable bonds is 41. The normalized spacial score (nSPS) is 13.8. The Labute approximate surface area is 547 Å². The van der Waals surface area contributed by atoms with Gasteiger partial charge in [0.1, 0.15) is 5.78 Å². The quantitative estimate of drug-likeness (QED) is 0.0156. The Balaban J connectivity index is 0.516. The number of aliphatic imine (C=N–C) groups is 2. The van der Waals surface area contributed by atoms with Gasteiger partial charge in [0, 0.05) is 148 Å². The summed E-state index contributed by atoms with van der Waals surface area (Å²) in [6, 6.07) is 27.2. The molecule has 4 heterocycles. The molecule has 0 radical (unpaired) electrons. The van der Waals surface area contributed by atoms with Crippen LogP contribution >= 0.6 is 23.2 Å². The first-order valence-corrected chi connectivity index (χ1v) is 32.1. The van der Waals surface area contributed by atoms with Crippen molar-refractivity contribution in [2.75, 3.05) is 194 Å². The number of carbonyl (C=O) groups excluding carboxylic acids is 2. The molecule has 26 nitrogen and oxygen atoms in total. The van der Waals surface area contributed by atoms with E-state index >= 15 is 0 Å². The zero-order valence-electron chi connectivity index (χ0n) is 52.3. The van der Waals surface area contributed by atoms with Crippen molar-refractivity contribution in [1.29, 1.82) is 0 Å². The highest BCUT2D eigenvalue weighted by Gasteiger charge is 2.21. The van der Waals surface area contributed by atoms with Crippen LogP contribution in [0.15, 0.2) is 94.9 Å². The van der Waals surface area contributed by atoms with Crippen molar-refractivity contribution < 1.29 is 47.5 Å². The second-order valence-corrected chi connectivity index (χ2v) is 22.6. The lowest BCUT2D eigenvalue weighted by Crippen LogP contribution is -2.47. The summed E-state index contributed by atoms with van der Waals surface area (Å²) in [5.41, 5.74) is 29.3. The van der Waals surface area contributed by atoms with Crippen LogP contribution < -0.4 is 43.4 Å². The van der Waals surface area contributed by atoms with Crippen LogP contribution in [0.5, 0.6) is 0 Å². The zero-order chi connectivity index (χ0) is 64.5. The van der Waals surface area contributed by atoms with Gasteiger partial charge in [0.15, 0.2) is 11.9 Å². The third-order valence-corrected chi connectivity index (χ3v) is 15.5. The van der Waals surface area contributed by atoms with Crippen molar-refractivity contribution in [1.82, 2.24) is 40.4 Å². The number of hydrogen-bond donors (Lipinski definition) is 6. The summed E-state index contributed by atoms with van der Waals surface area (Å²) in [6.07, 6.45) is 2.26. The van der Waals surface area contributed by atoms with Gasteiger partial charge in [-0.1, -0.05) is 47.5 Å². The molecule has 2 amide bonds. The number of guanidine groups is 2. The van der Waals surface area contributed by atoms with Crippen molar-refractivity contribution in [2.45, 2.75) is 25.7 Å². The smallest absolute Gasteiger partial charge is 0.314 e. The lowest BCUT2D eigenvalue weighted by atomic mass is 10.1. The van der Waals surface area contributed by atoms with Gasteiger partial charge < -0.3 is 81.3 Å². The summed E-state index contributed by atoms with van der Waals surface area (Å²) < 4.78 is 45.3. The summed E-state index contributed by atoms with van der Waals surface area (Å²) in [4.78, 5) is 60.3. The second-order valence-electron chi connectivity index (χ2n) is 21.7. The number of aromatic nitrogens is 4. The fourth-order valence-electron chi connectivity index (χ4n) is 10.3. The number of urea groups is 1. The van der Waals surface area contributed by atoms with Crippen LogP contribution in [0.25, 0.3) is 44.3 Å². The Morgan fingerprint density at radius 3 is 1.15 bits per heavy atom. The maximum atomic E-state index is 12.3. The van der Waals surface area contributed by atoms with Crippen molar-refractivity contribution >= 4 is 92.0 Å². The minimum absolute atomic E-state index is 0.109. The Hall–Kier alpha value is -7.18. The molecule has 2 aliphatic rings. The molecule has 2 aliphatic heterocycles. The minimum atomic E-state index is -0.292. The first-order chi connectivity index (χ1) is 44.9. The van der Waals surface area contributed by atoms with Crippen molar-refractivity contribution in [3.8, 4) is 22.5 Å². The number of halogens is 2. The monoisotopic (exact) mass is 1310 g/mol. The molecule has 0 aliphatic carbocycles. The fourth-order valence-corrected chi connectivity index (χ4v) is 10.6. The van der Waals surface area contributed by atoms with Crippen LogP contribution in [0.1, 0.15) is 25.7 Å². The van der Waals surface area contributed by atoms with Gasteiger partial charge in [0.2, 0.25) is 0 Å². The number of nitrogens with one attached hydrogen (secondary N) is 2. The third kappa shape index (κ3) is 24.7. The number of hydrogen-bond acceptors (Lipinski definition) is 20. The maximum absolute atomic E-state index is 12.3. The van der Waals surface area contributed by atoms with Gasteiger partial charge >= 0.3 is 6.03 Å². The first kappa shape index (κ1) is 70.7. The topological polar surface area (TPSA) is 325 Å². The summed E-state index contributed by atoms with van der Waals surface area (Å²) in [7, 11) is 0. The zero-order valence-corrected chi connectivity index (χ0v) is 53.8. The third-order valence-electron chi connectivity index (χ3n) is 15.0. The molecule has 2 saturated heterocycles. The molecule has 0 saturated carbocycles. The number of carbonyl (C=O) groups is 2. The Bertz CT molecular complexity index is 3050. The number of amides is 2. The highest BCUT2D eigenvalue weighted by molar-refractivity contribution is 6.31. The van der Waals surface area contributed by atoms with E-state index < -0.39 is 0 Å². The SMILES string of the molecule is NC(N)=Nc1nc(-c2ccc(N3CCN(CCOCCOCCOCCCC(=O)CCCOCCOCCNC(=O)NCCOCCOCCOCCN4CCN(c5ccc(-c6nc(N=C(N)N)nc7ccc(Cl)cc67)cc5)CC4)CC3)cc2)c2cc(Cl)ccc2n1. The number of ether oxygens (including phenoxy) is 8. The average Bonchev–Trinajstić information content (AvgIpc) is 0.805. The number of piperazine rings is 2. The number of Topliss-reactive ketones (excluding diaryl/α,β-unsaturated/α-hetero) is 1. The van der Waals surface area contributed by atoms with Crippen molar-refractivity contribution in [3.05, 3.63) is 95.0 Å². The van der Waals surface area contributed by atoms with E-state index in [1.165, 1.54) is 0 Å². The standard InChI is InChI=1S/C64H88Cl2N16O10/c65-49-9-15-56-54(45-49)58(75-62(73-56)77-60(67)68)47-5-11-51(12-6-47)81-23-19-79(20-24-81)27-33-89-39-43-91-41-36-86-30-2-4-53(83)3-1-29-85-35-37-87-31-17-71-64(84)72-18-32-88-38-42-92-44-40-90-34-28-80-21-25-82(26-22-80)52-13-7-48(8-14-52)59-55-46-50(66)10-16-57(55)74-63(76-59)78-61(69)70/h5-16,45-46H,1-4,17-44H2,(H2,71,72,84)(H4,67,68,73,75,77)(H4,69,70,74,76,78). The van der Waals surface area contributed by atoms with E-state index in [-0.39, 0.29) is 35.6 Å². The second kappa shape index (κ2) is 39.4. The molecule has 8 rings (SSSR count). The summed E-state index contributed by atoms with van der Waals surface area (Å²) in [5.74, 6) is 0.359. The molecule has 2 aromatic heterocycles. The molecular formula is C64H88Cl2N16O10. The van der Waals surface area contributed by atoms with E-state index in [1.54, 1.807) is 12.1 Å². The largest absolute Gasteiger partial charge is 0.379 e. The molecule has 0 unspecified atom stereocenters. The molecule has 28 heteroatoms. The van der Waals surface area contributed by atoms with Crippen LogP contribution in [0.2, 0.25) is 10.0 Å². The van der Waals surface area contributed by atoms with E-state index in [2.05, 4.69) is 96.6 Å². The van der Waals surface area contributed by atoms with Gasteiger partial charge in [-0.15, -0.1) is 0 Å². The number of benzene rings is 4. The Morgan fingerprint density at radius 1 is 0.435 bits per heavy atom. The predicted molar refractivity (Wildman–Crippen MR) is 360 cm³/mol. The molecule has 0 bridgehead atoms. The predicted octanol–water partition coefficient (Wildman–Crippen LogP) is 5.53. The average molecular weight is 1310 g/mol. The molecule has 4 aromatic carbocycles. The molecule has 2 fully saturated rings. The fraction of sp³-hybridized carbons (Fsp3) is 0.500. The molecule has 0 atom stereocenters. The summed E-state index contributed by atoms with van der Waals surface area (Å²) in [5, 5.41) is 8.33. The lowest BCUT2D eigenvalue weighted by Gasteiger charge is -2.36. The van der Waals surface area contributed by atoms with Gasteiger partial charge in [-0.3, -0.25) is 14.6 Å². The molecule has 498 valence electrons. The molecular weight excluding hydrogens is 1220 g/mol. The van der Waals surface area contributed by atoms with E-state index in [0.29, 0.717) is 177 Å². The highest BCUT2D eigenvalue weighted by Crippen LogP contribution is 2.33. The number of anilines is 2. The molecule has 10 N–H and O–H groups in total. The van der Waals surface area contributed by atoms with Crippen LogP contribution in [0.3, 0.4) is 0 Å². The Morgan fingerprint density at radius 2 is 0.783 bits per heavy atom. The van der Waals surface area contributed by atoms with Crippen LogP contribution in [0.4, 0.5) is 28.1 Å². The lowest BCUT2D eigenvalue weighted by molar-refractivity contribution is -0.119. The summed E-state index contributed by atoms with van der Waals surface area (Å²) in [6.45, 7) is 17.4. The number of nitrogens with zero attached hydrogens (tertiary/aromatic N) is 10. The Kier molecular flexibility index (Phi) is 30.3. The van der Waals surface area contributed by atoms with E-state index in [4.69, 9.17) is 84.0 Å². The van der Waals surface area contributed by atoms with Gasteiger partial charge in [-0.2, -0.15) is 9.98 Å². The van der Waals surface area contributed by atoms with Gasteiger partial charge in [-0.25, -0.2) is 24.7 Å². The maximum Gasteiger partial charge on any atom is 0.314 e. The number of nitrogens with two attached hydrogens (primary N) is 4. The van der Waals surface area contributed by atoms with Crippen LogP contribution in [0, 0.1) is 0 Å². The van der Waals surface area contributed by atoms with Crippen molar-refractivity contribution in [2.24, 2.45) is 32.9 Å². The van der Waals surface area contributed by atoms with E-state index in [0.717, 1.165) is 98.7 Å². The molecule has 92 heavy (non-hydrogen) atoms. The first-order valence-electron chi connectivity index (χ1n) is 31.4. The molecule has 0 spiro atoms. The summed E-state index contributed by atoms with van der Waals surface area (Å²) >= 11 is 12.6. The van der Waals surface area contributed by atoms with E-state index in [1.807, 2.05) is 36.4 Å². The number of ketones is 1. The van der Waals surface area contributed by atoms with Gasteiger partial charge in [0.25, 0.3) is 11.9 Å². The van der Waals surface area contributed by atoms with Crippen LogP contribution in [-0.2, 0) is 42.7 Å². The van der Waals surface area contributed by atoms with Gasteiger partial charge in [0.05, 0.1) is 115 Å². The number of fused-ring (bicyclic) bond motifs is 2.